The van der Waals surface area contributed by atoms with Crippen molar-refractivity contribution < 1.29 is 14.3 Å². The molecule has 0 aromatic heterocycles. The lowest BCUT2D eigenvalue weighted by Crippen LogP contribution is -2.43. The summed E-state index contributed by atoms with van der Waals surface area (Å²) in [4.78, 5) is 25.0. The number of hydrazine groups is 1. The Labute approximate surface area is 198 Å². The van der Waals surface area contributed by atoms with Gasteiger partial charge in [0.2, 0.25) is 5.91 Å². The molecule has 0 heterocycles. The van der Waals surface area contributed by atoms with Gasteiger partial charge >= 0.3 is 0 Å². The van der Waals surface area contributed by atoms with Crippen LogP contribution in [0, 0.1) is 17.3 Å². The number of amides is 2. The molecule has 0 saturated heterocycles. The average Bonchev–Trinajstić information content (AvgIpc) is 3.09. The van der Waals surface area contributed by atoms with Gasteiger partial charge in [0.15, 0.2) is 0 Å². The van der Waals surface area contributed by atoms with Gasteiger partial charge in [-0.05, 0) is 77.6 Å². The van der Waals surface area contributed by atoms with Crippen molar-refractivity contribution in [3.63, 3.8) is 0 Å². The normalized spacial score (nSPS) is 20.1. The molecule has 0 aliphatic heterocycles. The second-order valence-electron chi connectivity index (χ2n) is 9.00. The Morgan fingerprint density at radius 2 is 1.88 bits per heavy atom. The Kier molecular flexibility index (Phi) is 6.50. The van der Waals surface area contributed by atoms with E-state index in [1.807, 2.05) is 26.0 Å². The lowest BCUT2D eigenvalue weighted by atomic mass is 10.1. The average molecular weight is 473 g/mol. The second-order valence-corrected chi connectivity index (χ2v) is 10.0. The molecule has 1 saturated carbocycles. The molecule has 2 aromatic rings. The maximum atomic E-state index is 12.5. The van der Waals surface area contributed by atoms with Crippen molar-refractivity contribution in [3.8, 4) is 5.75 Å². The third-order valence-corrected chi connectivity index (χ3v) is 6.71. The third-order valence-electron chi connectivity index (χ3n) is 6.46. The number of carbonyl (C=O) groups excluding carboxylic acids is 2. The first-order valence-electron chi connectivity index (χ1n) is 10.7. The van der Waals surface area contributed by atoms with Crippen molar-refractivity contribution in [1.29, 1.82) is 0 Å². The molecule has 2 aromatic carbocycles. The van der Waals surface area contributed by atoms with Gasteiger partial charge in [0.25, 0.3) is 5.91 Å². The molecule has 32 heavy (non-hydrogen) atoms. The second kappa shape index (κ2) is 9.16. The van der Waals surface area contributed by atoms with E-state index in [9.17, 15) is 9.59 Å². The van der Waals surface area contributed by atoms with Crippen molar-refractivity contribution in [2.45, 2.75) is 39.7 Å². The zero-order chi connectivity index (χ0) is 22.9. The van der Waals surface area contributed by atoms with Crippen molar-refractivity contribution in [1.82, 2.24) is 10.9 Å². The molecule has 7 heteroatoms. The van der Waals surface area contributed by atoms with E-state index in [0.717, 1.165) is 24.2 Å². The van der Waals surface area contributed by atoms with Crippen molar-refractivity contribution in [2.24, 2.45) is 17.3 Å². The molecule has 0 radical (unpaired) electrons. The first-order chi connectivity index (χ1) is 15.3. The quantitative estimate of drug-likeness (QED) is 0.574. The number of aryl methyl sites for hydroxylation is 2. The standard InChI is InChI=1S/C25H26Cl2N2O3/c1-25(2)20(13-21(26)27)22(25)24(31)29-28-23(30)18-8-3-5-15(11-18)14-32-19-10-9-16-6-4-7-17(16)12-19/h3,5,8-13,20,22H,4,6-7,14H2,1-2H3,(H,28,30)(H,29,31)/t20-,22-/m1/s1. The van der Waals surface area contributed by atoms with Crippen molar-refractivity contribution in [2.75, 3.05) is 0 Å². The van der Waals surface area contributed by atoms with E-state index in [1.54, 1.807) is 24.3 Å². The number of fused-ring (bicyclic) bond motifs is 1. The lowest BCUT2D eigenvalue weighted by molar-refractivity contribution is -0.123. The smallest absolute Gasteiger partial charge is 0.269 e. The Bertz CT molecular complexity index is 1080. The number of halogens is 2. The third kappa shape index (κ3) is 4.94. The van der Waals surface area contributed by atoms with Gasteiger partial charge in [0, 0.05) is 5.56 Å². The maximum absolute atomic E-state index is 12.5. The van der Waals surface area contributed by atoms with Gasteiger partial charge in [-0.3, -0.25) is 20.4 Å². The summed E-state index contributed by atoms with van der Waals surface area (Å²) in [6.07, 6.45) is 5.10. The van der Waals surface area contributed by atoms with E-state index in [0.29, 0.717) is 12.2 Å². The van der Waals surface area contributed by atoms with Crippen LogP contribution in [0.1, 0.15) is 47.3 Å². The molecular weight excluding hydrogens is 447 g/mol. The molecule has 2 atom stereocenters. The fourth-order valence-corrected chi connectivity index (χ4v) is 4.77. The predicted molar refractivity (Wildman–Crippen MR) is 125 cm³/mol. The highest BCUT2D eigenvalue weighted by molar-refractivity contribution is 6.55. The number of nitrogens with one attached hydrogen (secondary N) is 2. The minimum Gasteiger partial charge on any atom is -0.489 e. The molecule has 2 amide bonds. The highest BCUT2D eigenvalue weighted by Crippen LogP contribution is 2.59. The van der Waals surface area contributed by atoms with Gasteiger partial charge in [-0.1, -0.05) is 55.2 Å². The summed E-state index contributed by atoms with van der Waals surface area (Å²) in [5.74, 6) is -0.194. The van der Waals surface area contributed by atoms with Crippen LogP contribution in [0.4, 0.5) is 0 Å². The zero-order valence-corrected chi connectivity index (χ0v) is 19.6. The molecule has 168 valence electrons. The van der Waals surface area contributed by atoms with Crippen LogP contribution in [0.2, 0.25) is 0 Å². The number of hydrogen-bond donors (Lipinski definition) is 2. The fourth-order valence-electron chi connectivity index (χ4n) is 4.50. The van der Waals surface area contributed by atoms with Gasteiger partial charge in [-0.2, -0.15) is 0 Å². The summed E-state index contributed by atoms with van der Waals surface area (Å²) < 4.78 is 6.07. The molecule has 2 aliphatic carbocycles. The minimum absolute atomic E-state index is 0.0657. The molecule has 0 bridgehead atoms. The van der Waals surface area contributed by atoms with Crippen LogP contribution >= 0.6 is 23.2 Å². The van der Waals surface area contributed by atoms with Crippen LogP contribution in [0.5, 0.6) is 5.75 Å². The van der Waals surface area contributed by atoms with Crippen LogP contribution in [-0.4, -0.2) is 11.8 Å². The molecule has 2 aliphatic rings. The Balaban J connectivity index is 1.31. The highest BCUT2D eigenvalue weighted by Gasteiger charge is 2.60. The Morgan fingerprint density at radius 3 is 2.66 bits per heavy atom. The van der Waals surface area contributed by atoms with Gasteiger partial charge in [-0.25, -0.2) is 0 Å². The van der Waals surface area contributed by atoms with Gasteiger partial charge in [-0.15, -0.1) is 0 Å². The van der Waals surface area contributed by atoms with Gasteiger partial charge in [0.1, 0.15) is 16.8 Å². The number of carbonyl (C=O) groups is 2. The van der Waals surface area contributed by atoms with Crippen LogP contribution in [0.3, 0.4) is 0 Å². The summed E-state index contributed by atoms with van der Waals surface area (Å²) >= 11 is 11.5. The predicted octanol–water partition coefficient (Wildman–Crippen LogP) is 5.11. The van der Waals surface area contributed by atoms with E-state index in [-0.39, 0.29) is 27.6 Å². The first-order valence-corrected chi connectivity index (χ1v) is 11.5. The number of benzene rings is 2. The topological polar surface area (TPSA) is 67.4 Å². The molecule has 2 N–H and O–H groups in total. The van der Waals surface area contributed by atoms with Crippen LogP contribution in [-0.2, 0) is 24.2 Å². The zero-order valence-electron chi connectivity index (χ0n) is 18.1. The first kappa shape index (κ1) is 22.7. The van der Waals surface area contributed by atoms with E-state index in [2.05, 4.69) is 23.0 Å². The van der Waals surface area contributed by atoms with E-state index in [1.165, 1.54) is 17.5 Å². The Morgan fingerprint density at radius 1 is 1.09 bits per heavy atom. The summed E-state index contributed by atoms with van der Waals surface area (Å²) in [5.41, 5.74) is 8.82. The molecule has 4 rings (SSSR count). The van der Waals surface area contributed by atoms with Gasteiger partial charge < -0.3 is 4.74 Å². The monoisotopic (exact) mass is 472 g/mol. The number of ether oxygens (including phenoxy) is 1. The highest BCUT2D eigenvalue weighted by atomic mass is 35.5. The summed E-state index contributed by atoms with van der Waals surface area (Å²) in [6.45, 7) is 4.28. The molecule has 1 fully saturated rings. The van der Waals surface area contributed by atoms with Crippen LogP contribution in [0.25, 0.3) is 0 Å². The van der Waals surface area contributed by atoms with Crippen molar-refractivity contribution >= 4 is 35.0 Å². The van der Waals surface area contributed by atoms with Crippen LogP contribution in [0.15, 0.2) is 53.0 Å². The number of hydrogen-bond acceptors (Lipinski definition) is 3. The molecule has 0 unspecified atom stereocenters. The Hall–Kier alpha value is -2.50. The summed E-state index contributed by atoms with van der Waals surface area (Å²) in [6, 6.07) is 13.4. The summed E-state index contributed by atoms with van der Waals surface area (Å²) in [5, 5.41) is 0. The maximum Gasteiger partial charge on any atom is 0.269 e. The largest absolute Gasteiger partial charge is 0.489 e. The minimum atomic E-state index is -0.390. The summed E-state index contributed by atoms with van der Waals surface area (Å²) in [7, 11) is 0. The van der Waals surface area contributed by atoms with E-state index in [4.69, 9.17) is 27.9 Å². The SMILES string of the molecule is CC1(C)[C@H](C=C(Cl)Cl)[C@@H]1C(=O)NNC(=O)c1cccc(COc2ccc3c(c2)CCC3)c1. The van der Waals surface area contributed by atoms with E-state index < -0.39 is 5.91 Å². The number of allylic oxidation sites excluding steroid dienone is 1. The van der Waals surface area contributed by atoms with Crippen LogP contribution < -0.4 is 15.6 Å². The van der Waals surface area contributed by atoms with Gasteiger partial charge in [0.05, 0.1) is 5.92 Å². The number of rotatable bonds is 6. The lowest BCUT2D eigenvalue weighted by Gasteiger charge is -2.11. The van der Waals surface area contributed by atoms with Crippen molar-refractivity contribution in [3.05, 3.63) is 75.3 Å². The van der Waals surface area contributed by atoms with E-state index >= 15 is 0 Å². The molecular formula is C25H26Cl2N2O3. The molecule has 0 spiro atoms. The molecule has 5 nitrogen and oxygen atoms in total. The fraction of sp³-hybridized carbons (Fsp3) is 0.360.